The number of fused-ring (bicyclic) bond motifs is 1. The zero-order chi connectivity index (χ0) is 16.6. The highest BCUT2D eigenvalue weighted by Crippen LogP contribution is 2.23. The molecule has 1 N–H and O–H groups in total. The van der Waals surface area contributed by atoms with Gasteiger partial charge in [0.2, 0.25) is 11.9 Å². The first-order valence-corrected chi connectivity index (χ1v) is 7.63. The highest BCUT2D eigenvalue weighted by Gasteiger charge is 2.23. The molecule has 0 saturated heterocycles. The normalized spacial score (nSPS) is 11.7. The lowest BCUT2D eigenvalue weighted by Gasteiger charge is -2.17. The maximum absolute atomic E-state index is 12.2. The Balaban J connectivity index is 2.15. The van der Waals surface area contributed by atoms with Gasteiger partial charge in [-0.25, -0.2) is 14.6 Å². The summed E-state index contributed by atoms with van der Waals surface area (Å²) in [4.78, 5) is 29.1. The van der Waals surface area contributed by atoms with E-state index in [1.54, 1.807) is 6.20 Å². The molecular weight excluding hydrogens is 362 g/mol. The highest BCUT2D eigenvalue weighted by atomic mass is 79.9. The largest absolute Gasteiger partial charge is 0.294 e. The number of nitrogens with zero attached hydrogens (tertiary/aromatic N) is 6. The van der Waals surface area contributed by atoms with Crippen molar-refractivity contribution in [3.63, 3.8) is 0 Å². The summed E-state index contributed by atoms with van der Waals surface area (Å²) in [6, 6.07) is 1.84. The van der Waals surface area contributed by atoms with E-state index in [1.807, 2.05) is 26.8 Å². The van der Waals surface area contributed by atoms with Gasteiger partial charge in [0, 0.05) is 16.1 Å². The average Bonchev–Trinajstić information content (AvgIpc) is 3.00. The Morgan fingerprint density at radius 1 is 1.30 bits per heavy atom. The number of pyridine rings is 1. The number of anilines is 1. The van der Waals surface area contributed by atoms with E-state index < -0.39 is 5.41 Å². The molecule has 9 heteroatoms. The fourth-order valence-electron chi connectivity index (χ4n) is 1.81. The Labute approximate surface area is 140 Å². The van der Waals surface area contributed by atoms with Crippen molar-refractivity contribution in [3.05, 3.63) is 29.4 Å². The molecule has 0 aromatic carbocycles. The first-order valence-electron chi connectivity index (χ1n) is 6.84. The van der Waals surface area contributed by atoms with Crippen molar-refractivity contribution in [2.24, 2.45) is 5.41 Å². The van der Waals surface area contributed by atoms with Crippen molar-refractivity contribution in [2.75, 3.05) is 5.32 Å². The number of hydrogen-bond acceptors (Lipinski definition) is 6. The second-order valence-electron chi connectivity index (χ2n) is 5.94. The molecule has 0 aliphatic heterocycles. The number of hydrogen-bond donors (Lipinski definition) is 1. The van der Waals surface area contributed by atoms with Gasteiger partial charge < -0.3 is 0 Å². The smallest absolute Gasteiger partial charge is 0.233 e. The number of carbonyl (C=O) groups excluding carboxylic acids is 1. The third kappa shape index (κ3) is 3.19. The molecule has 0 spiro atoms. The van der Waals surface area contributed by atoms with Crippen LogP contribution in [0, 0.1) is 5.41 Å². The number of amides is 1. The first-order chi connectivity index (χ1) is 10.8. The van der Waals surface area contributed by atoms with Crippen molar-refractivity contribution >= 4 is 38.8 Å². The Bertz CT molecular complexity index is 871. The molecule has 1 amide bonds. The van der Waals surface area contributed by atoms with E-state index in [1.165, 1.54) is 17.3 Å². The minimum Gasteiger partial charge on any atom is -0.294 e. The summed E-state index contributed by atoms with van der Waals surface area (Å²) in [7, 11) is 0. The standard InChI is InChI=1S/C14H14BrN7O/c1-14(2,3)12(23)21-13-19-10-9(4-8(15)5-17-10)11(20-13)22-7-16-6-18-22/h4-7H,1-3H3,(H,17,19,20,21,23). The van der Waals surface area contributed by atoms with Gasteiger partial charge in [0.25, 0.3) is 0 Å². The first kappa shape index (κ1) is 15.5. The Morgan fingerprint density at radius 2 is 2.09 bits per heavy atom. The van der Waals surface area contributed by atoms with Gasteiger partial charge in [-0.1, -0.05) is 20.8 Å². The van der Waals surface area contributed by atoms with Crippen LogP contribution in [0.25, 0.3) is 16.9 Å². The number of rotatable bonds is 2. The monoisotopic (exact) mass is 375 g/mol. The van der Waals surface area contributed by atoms with Gasteiger partial charge in [0.05, 0.1) is 5.39 Å². The third-order valence-electron chi connectivity index (χ3n) is 3.04. The summed E-state index contributed by atoms with van der Waals surface area (Å²) in [6.07, 6.45) is 4.57. The van der Waals surface area contributed by atoms with Crippen LogP contribution in [-0.2, 0) is 4.79 Å². The maximum atomic E-state index is 12.2. The molecule has 0 unspecified atom stereocenters. The Morgan fingerprint density at radius 3 is 2.74 bits per heavy atom. The lowest BCUT2D eigenvalue weighted by atomic mass is 9.96. The van der Waals surface area contributed by atoms with Crippen LogP contribution >= 0.6 is 15.9 Å². The van der Waals surface area contributed by atoms with Crippen molar-refractivity contribution in [3.8, 4) is 5.82 Å². The molecule has 0 bridgehead atoms. The van der Waals surface area contributed by atoms with Crippen LogP contribution in [0.5, 0.6) is 0 Å². The van der Waals surface area contributed by atoms with Crippen LogP contribution in [0.1, 0.15) is 20.8 Å². The van der Waals surface area contributed by atoms with Gasteiger partial charge in [-0.3, -0.25) is 10.1 Å². The van der Waals surface area contributed by atoms with Gasteiger partial charge in [-0.2, -0.15) is 15.1 Å². The van der Waals surface area contributed by atoms with Crippen molar-refractivity contribution in [1.29, 1.82) is 0 Å². The van der Waals surface area contributed by atoms with Crippen LogP contribution in [0.15, 0.2) is 29.4 Å². The summed E-state index contributed by atoms with van der Waals surface area (Å²) in [6.45, 7) is 5.45. The summed E-state index contributed by atoms with van der Waals surface area (Å²) < 4.78 is 2.30. The fraction of sp³-hybridized carbons (Fsp3) is 0.286. The number of carbonyl (C=O) groups is 1. The van der Waals surface area contributed by atoms with Gasteiger partial charge >= 0.3 is 0 Å². The van der Waals surface area contributed by atoms with Gasteiger partial charge in [-0.15, -0.1) is 0 Å². The lowest BCUT2D eigenvalue weighted by molar-refractivity contribution is -0.123. The average molecular weight is 376 g/mol. The fourth-order valence-corrected chi connectivity index (χ4v) is 2.14. The molecule has 23 heavy (non-hydrogen) atoms. The molecule has 0 radical (unpaired) electrons. The highest BCUT2D eigenvalue weighted by molar-refractivity contribution is 9.10. The van der Waals surface area contributed by atoms with E-state index in [-0.39, 0.29) is 11.9 Å². The van der Waals surface area contributed by atoms with Crippen molar-refractivity contribution in [1.82, 2.24) is 29.7 Å². The van der Waals surface area contributed by atoms with Gasteiger partial charge in [0.1, 0.15) is 12.7 Å². The number of aromatic nitrogens is 6. The molecule has 3 aromatic rings. The summed E-state index contributed by atoms with van der Waals surface area (Å²) in [5.41, 5.74) is -0.100. The Hall–Kier alpha value is -2.42. The summed E-state index contributed by atoms with van der Waals surface area (Å²) in [5.74, 6) is 0.488. The summed E-state index contributed by atoms with van der Waals surface area (Å²) >= 11 is 3.38. The molecular formula is C14H14BrN7O. The van der Waals surface area contributed by atoms with Crippen LogP contribution < -0.4 is 5.32 Å². The SMILES string of the molecule is CC(C)(C)C(=O)Nc1nc(-n2cncn2)c2cc(Br)cnc2n1. The second-order valence-corrected chi connectivity index (χ2v) is 6.86. The van der Waals surface area contributed by atoms with E-state index >= 15 is 0 Å². The molecule has 3 rings (SSSR count). The molecule has 3 aromatic heterocycles. The molecule has 118 valence electrons. The molecule has 0 fully saturated rings. The van der Waals surface area contributed by atoms with E-state index in [2.05, 4.69) is 46.3 Å². The molecule has 0 aliphatic rings. The van der Waals surface area contributed by atoms with E-state index in [0.717, 1.165) is 4.47 Å². The van der Waals surface area contributed by atoms with E-state index in [4.69, 9.17) is 0 Å². The molecule has 8 nitrogen and oxygen atoms in total. The topological polar surface area (TPSA) is 98.5 Å². The van der Waals surface area contributed by atoms with Crippen molar-refractivity contribution in [2.45, 2.75) is 20.8 Å². The van der Waals surface area contributed by atoms with Crippen LogP contribution in [-0.4, -0.2) is 35.6 Å². The van der Waals surface area contributed by atoms with Crippen LogP contribution in [0.4, 0.5) is 5.95 Å². The minimum absolute atomic E-state index is 0.178. The quantitative estimate of drug-likeness (QED) is 0.737. The van der Waals surface area contributed by atoms with E-state index in [9.17, 15) is 4.79 Å². The second kappa shape index (κ2) is 5.65. The molecule has 0 atom stereocenters. The molecule has 0 aliphatic carbocycles. The molecule has 0 saturated carbocycles. The lowest BCUT2D eigenvalue weighted by Crippen LogP contribution is -2.28. The maximum Gasteiger partial charge on any atom is 0.233 e. The van der Waals surface area contributed by atoms with Crippen LogP contribution in [0.3, 0.4) is 0 Å². The van der Waals surface area contributed by atoms with E-state index in [0.29, 0.717) is 16.9 Å². The number of halogens is 1. The van der Waals surface area contributed by atoms with Gasteiger partial charge in [0.15, 0.2) is 11.5 Å². The zero-order valence-corrected chi connectivity index (χ0v) is 14.4. The van der Waals surface area contributed by atoms with Crippen LogP contribution in [0.2, 0.25) is 0 Å². The summed E-state index contributed by atoms with van der Waals surface area (Å²) in [5, 5.41) is 7.50. The number of nitrogens with one attached hydrogen (secondary N) is 1. The van der Waals surface area contributed by atoms with Crippen molar-refractivity contribution < 1.29 is 4.79 Å². The van der Waals surface area contributed by atoms with Gasteiger partial charge in [-0.05, 0) is 22.0 Å². The Kier molecular flexibility index (Phi) is 3.80. The molecule has 3 heterocycles. The predicted molar refractivity (Wildman–Crippen MR) is 88.0 cm³/mol. The predicted octanol–water partition coefficient (Wildman–Crippen LogP) is 2.35. The zero-order valence-electron chi connectivity index (χ0n) is 12.8. The third-order valence-corrected chi connectivity index (χ3v) is 3.47. The minimum atomic E-state index is -0.557.